The van der Waals surface area contributed by atoms with Crippen molar-refractivity contribution in [2.75, 3.05) is 7.05 Å². The Balaban J connectivity index is 0.000000970. The topological polar surface area (TPSA) is 32.6 Å². The molecule has 2 rings (SSSR count). The molecule has 1 aliphatic rings. The van der Waals surface area contributed by atoms with Gasteiger partial charge in [-0.3, -0.25) is 4.99 Å². The summed E-state index contributed by atoms with van der Waals surface area (Å²) in [5.41, 5.74) is 1.99. The zero-order valence-electron chi connectivity index (χ0n) is 15.3. The molecule has 1 aromatic carbocycles. The standard InChI is InChI=1S/C20H31NO.2ClH.Zr/c1-21-16-18-14-11-15-19(20(18)22)17-12-9-7-5-3-2-4-6-8-10-13-17;;;/h11,14-17,22H,2-10,12-13H2,1H3;2*1H;/q;;;+2/p-2. The monoisotopic (exact) mass is 461 g/mol. The maximum atomic E-state index is 10.6. The zero-order chi connectivity index (χ0) is 18.3. The summed E-state index contributed by atoms with van der Waals surface area (Å²) in [4.78, 5) is 4.05. The van der Waals surface area contributed by atoms with E-state index >= 15 is 0 Å². The molecule has 0 aromatic heterocycles. The third-order valence-corrected chi connectivity index (χ3v) is 4.91. The minimum atomic E-state index is -0.826. The number of halogens is 2. The quantitative estimate of drug-likeness (QED) is 0.462. The molecule has 0 bridgehead atoms. The van der Waals surface area contributed by atoms with Crippen LogP contribution in [0, 0.1) is 0 Å². The van der Waals surface area contributed by atoms with E-state index in [4.69, 9.17) is 17.0 Å². The molecule has 2 nitrogen and oxygen atoms in total. The Labute approximate surface area is 172 Å². The summed E-state index contributed by atoms with van der Waals surface area (Å²) in [6, 6.07) is 6.11. The van der Waals surface area contributed by atoms with Crippen LogP contribution in [0.15, 0.2) is 23.2 Å². The second kappa shape index (κ2) is 15.2. The summed E-state index contributed by atoms with van der Waals surface area (Å²) in [5, 5.41) is 10.6. The molecule has 0 atom stereocenters. The zero-order valence-corrected chi connectivity index (χ0v) is 19.3. The Bertz CT molecular complexity index is 485. The fourth-order valence-corrected chi connectivity index (χ4v) is 3.63. The van der Waals surface area contributed by atoms with Crippen LogP contribution in [0.1, 0.15) is 87.7 Å². The van der Waals surface area contributed by atoms with Crippen LogP contribution in [0.3, 0.4) is 0 Å². The Kier molecular flexibility index (Phi) is 14.1. The van der Waals surface area contributed by atoms with Crippen LogP contribution < -0.4 is 0 Å². The van der Waals surface area contributed by atoms with Crippen LogP contribution >= 0.6 is 17.0 Å². The van der Waals surface area contributed by atoms with Crippen LogP contribution in [0.2, 0.25) is 0 Å². The van der Waals surface area contributed by atoms with Crippen molar-refractivity contribution >= 4 is 23.2 Å². The van der Waals surface area contributed by atoms with Gasteiger partial charge in [0.2, 0.25) is 0 Å². The van der Waals surface area contributed by atoms with E-state index in [0.717, 1.165) is 11.1 Å². The molecule has 140 valence electrons. The molecule has 1 saturated carbocycles. The number of hydrogen-bond acceptors (Lipinski definition) is 2. The normalized spacial score (nSPS) is 17.9. The number of aromatic hydroxyl groups is 1. The summed E-state index contributed by atoms with van der Waals surface area (Å²) in [6.45, 7) is 0. The van der Waals surface area contributed by atoms with Gasteiger partial charge in [0.05, 0.1) is 0 Å². The van der Waals surface area contributed by atoms with Gasteiger partial charge in [-0.2, -0.15) is 0 Å². The molecule has 0 aliphatic heterocycles. The Morgan fingerprint density at radius 3 is 1.92 bits per heavy atom. The molecule has 0 radical (unpaired) electrons. The molecule has 0 amide bonds. The van der Waals surface area contributed by atoms with Gasteiger partial charge in [-0.05, 0) is 30.4 Å². The van der Waals surface area contributed by atoms with E-state index in [2.05, 4.69) is 17.1 Å². The van der Waals surface area contributed by atoms with Gasteiger partial charge in [-0.25, -0.2) is 0 Å². The first-order valence-electron chi connectivity index (χ1n) is 9.44. The van der Waals surface area contributed by atoms with Gasteiger partial charge in [0.1, 0.15) is 5.75 Å². The summed E-state index contributed by atoms with van der Waals surface area (Å²) in [5.74, 6) is 0.954. The Hall–Kier alpha value is 0.153. The van der Waals surface area contributed by atoms with Crippen molar-refractivity contribution in [2.24, 2.45) is 4.99 Å². The summed E-state index contributed by atoms with van der Waals surface area (Å²) < 4.78 is 0. The third-order valence-electron chi connectivity index (χ3n) is 4.91. The van der Waals surface area contributed by atoms with E-state index in [1.54, 1.807) is 13.3 Å². The van der Waals surface area contributed by atoms with E-state index < -0.39 is 20.8 Å². The van der Waals surface area contributed by atoms with E-state index in [1.807, 2.05) is 6.07 Å². The van der Waals surface area contributed by atoms with Gasteiger partial charge in [-0.15, -0.1) is 0 Å². The van der Waals surface area contributed by atoms with Gasteiger partial charge in [0.25, 0.3) is 0 Å². The SMILES string of the molecule is CN=Cc1cccc(C2CCCCCCCCCCC2)c1O.[Cl][Zr][Cl]. The number of phenols is 1. The number of rotatable bonds is 2. The minimum absolute atomic E-state index is 0.449. The van der Waals surface area contributed by atoms with Crippen molar-refractivity contribution < 1.29 is 26.0 Å². The van der Waals surface area contributed by atoms with Crippen molar-refractivity contribution in [2.45, 2.75) is 76.5 Å². The Morgan fingerprint density at radius 2 is 1.44 bits per heavy atom. The molecule has 1 fully saturated rings. The first-order chi connectivity index (χ1) is 12.2. The van der Waals surface area contributed by atoms with Crippen molar-refractivity contribution in [3.05, 3.63) is 29.3 Å². The van der Waals surface area contributed by atoms with E-state index in [9.17, 15) is 5.11 Å². The van der Waals surface area contributed by atoms with Crippen LogP contribution in [0.5, 0.6) is 5.75 Å². The van der Waals surface area contributed by atoms with E-state index in [0.29, 0.717) is 11.7 Å². The van der Waals surface area contributed by atoms with Gasteiger partial charge in [-0.1, -0.05) is 69.9 Å². The summed E-state index contributed by atoms with van der Waals surface area (Å²) in [7, 11) is 11.6. The molecular formula is C20H31Cl2NOZr. The van der Waals surface area contributed by atoms with Crippen LogP contribution in [-0.2, 0) is 20.8 Å². The number of benzene rings is 1. The fraction of sp³-hybridized carbons (Fsp3) is 0.650. The first kappa shape index (κ1) is 23.2. The predicted octanol–water partition coefficient (Wildman–Crippen LogP) is 7.21. The van der Waals surface area contributed by atoms with Crippen molar-refractivity contribution in [3.8, 4) is 5.75 Å². The van der Waals surface area contributed by atoms with Crippen LogP contribution in [0.4, 0.5) is 0 Å². The van der Waals surface area contributed by atoms with E-state index in [1.165, 1.54) is 70.6 Å². The average molecular weight is 464 g/mol. The number of nitrogens with zero attached hydrogens (tertiary/aromatic N) is 1. The summed E-state index contributed by atoms with van der Waals surface area (Å²) in [6.07, 6.45) is 16.4. The van der Waals surface area contributed by atoms with Crippen LogP contribution in [-0.4, -0.2) is 18.4 Å². The van der Waals surface area contributed by atoms with Gasteiger partial charge in [0.15, 0.2) is 0 Å². The molecular weight excluding hydrogens is 432 g/mol. The van der Waals surface area contributed by atoms with Crippen LogP contribution in [0.25, 0.3) is 0 Å². The second-order valence-corrected chi connectivity index (χ2v) is 10.4. The molecule has 0 spiro atoms. The summed E-state index contributed by atoms with van der Waals surface area (Å²) >= 11 is -0.826. The van der Waals surface area contributed by atoms with Gasteiger partial charge >= 0.3 is 37.9 Å². The molecule has 0 saturated heterocycles. The number of hydrogen-bond donors (Lipinski definition) is 1. The molecule has 0 heterocycles. The fourth-order valence-electron chi connectivity index (χ4n) is 3.63. The number of para-hydroxylation sites is 1. The van der Waals surface area contributed by atoms with E-state index in [-0.39, 0.29) is 0 Å². The molecule has 1 N–H and O–H groups in total. The van der Waals surface area contributed by atoms with Crippen molar-refractivity contribution in [3.63, 3.8) is 0 Å². The number of aliphatic imine (C=N–C) groups is 1. The Morgan fingerprint density at radius 1 is 0.960 bits per heavy atom. The van der Waals surface area contributed by atoms with Crippen molar-refractivity contribution in [1.29, 1.82) is 0 Å². The molecule has 0 unspecified atom stereocenters. The van der Waals surface area contributed by atoms with Crippen molar-refractivity contribution in [1.82, 2.24) is 0 Å². The average Bonchev–Trinajstić information content (AvgIpc) is 2.59. The molecule has 1 aromatic rings. The predicted molar refractivity (Wildman–Crippen MR) is 107 cm³/mol. The third kappa shape index (κ3) is 9.59. The number of phenolic OH excluding ortho intramolecular Hbond substituents is 1. The second-order valence-electron chi connectivity index (χ2n) is 6.70. The molecule has 5 heteroatoms. The van der Waals surface area contributed by atoms with Gasteiger partial charge in [0, 0.05) is 18.8 Å². The maximum absolute atomic E-state index is 10.6. The first-order valence-corrected chi connectivity index (χ1v) is 15.8. The molecule has 25 heavy (non-hydrogen) atoms. The molecule has 1 aliphatic carbocycles. The van der Waals surface area contributed by atoms with Gasteiger partial charge < -0.3 is 5.11 Å².